The molecule has 1 amide bonds. The van der Waals surface area contributed by atoms with E-state index in [1.807, 2.05) is 12.1 Å². The van der Waals surface area contributed by atoms with Gasteiger partial charge in [0, 0.05) is 10.5 Å². The maximum Gasteiger partial charge on any atom is 0.253 e. The van der Waals surface area contributed by atoms with Gasteiger partial charge in [-0.05, 0) is 86.8 Å². The first-order chi connectivity index (χ1) is 10.9. The molecule has 0 aliphatic heterocycles. The van der Waals surface area contributed by atoms with Gasteiger partial charge in [0.05, 0.1) is 10.6 Å². The Bertz CT molecular complexity index is 609. The normalized spacial score (nSPS) is 36.0. The van der Waals surface area contributed by atoms with Crippen molar-refractivity contribution in [2.75, 3.05) is 0 Å². The number of halogens is 2. The first kappa shape index (κ1) is 16.0. The van der Waals surface area contributed by atoms with Crippen LogP contribution in [0.2, 0.25) is 5.02 Å². The summed E-state index contributed by atoms with van der Waals surface area (Å²) in [6.45, 7) is 2.21. The van der Waals surface area contributed by atoms with Crippen molar-refractivity contribution in [2.24, 2.45) is 23.2 Å². The first-order valence-electron chi connectivity index (χ1n) is 8.71. The molecule has 4 saturated carbocycles. The minimum Gasteiger partial charge on any atom is -0.349 e. The lowest BCUT2D eigenvalue weighted by Gasteiger charge is -2.59. The van der Waals surface area contributed by atoms with Crippen molar-refractivity contribution in [3.05, 3.63) is 33.3 Å². The number of hydrogen-bond donors (Lipinski definition) is 1. The van der Waals surface area contributed by atoms with Crippen molar-refractivity contribution in [2.45, 2.75) is 51.5 Å². The summed E-state index contributed by atoms with van der Waals surface area (Å²) in [5.41, 5.74) is 0.890. The molecule has 124 valence electrons. The lowest BCUT2D eigenvalue weighted by molar-refractivity contribution is -0.0688. The summed E-state index contributed by atoms with van der Waals surface area (Å²) in [6.07, 6.45) is 8.18. The van der Waals surface area contributed by atoms with Crippen molar-refractivity contribution >= 4 is 33.4 Å². The first-order valence-corrected chi connectivity index (χ1v) is 9.88. The Hall–Kier alpha value is -0.540. The average Bonchev–Trinajstić information content (AvgIpc) is 2.48. The van der Waals surface area contributed by atoms with Crippen LogP contribution in [0.25, 0.3) is 0 Å². The van der Waals surface area contributed by atoms with Crippen molar-refractivity contribution in [1.29, 1.82) is 0 Å². The van der Waals surface area contributed by atoms with E-state index in [4.69, 9.17) is 11.6 Å². The molecular formula is C19H23BrClNO. The zero-order chi connectivity index (χ0) is 16.2. The number of carbonyl (C=O) groups is 1. The zero-order valence-corrected chi connectivity index (χ0v) is 15.8. The molecule has 4 heteroatoms. The van der Waals surface area contributed by atoms with Crippen molar-refractivity contribution in [3.63, 3.8) is 0 Å². The van der Waals surface area contributed by atoms with Crippen LogP contribution in [0.3, 0.4) is 0 Å². The molecule has 4 aliphatic rings. The van der Waals surface area contributed by atoms with E-state index in [1.54, 1.807) is 6.07 Å². The van der Waals surface area contributed by atoms with Gasteiger partial charge in [0.1, 0.15) is 0 Å². The molecule has 1 atom stereocenters. The monoisotopic (exact) mass is 395 g/mol. The fraction of sp³-hybridized carbons (Fsp3) is 0.632. The van der Waals surface area contributed by atoms with Crippen LogP contribution in [0.4, 0.5) is 0 Å². The van der Waals surface area contributed by atoms with E-state index >= 15 is 0 Å². The minimum absolute atomic E-state index is 0.0421. The van der Waals surface area contributed by atoms with Gasteiger partial charge in [-0.2, -0.15) is 0 Å². The molecular weight excluding hydrogens is 374 g/mol. The predicted molar refractivity (Wildman–Crippen MR) is 96.7 cm³/mol. The summed E-state index contributed by atoms with van der Waals surface area (Å²) in [4.78, 5) is 12.7. The second-order valence-corrected chi connectivity index (χ2v) is 9.42. The highest BCUT2D eigenvalue weighted by Gasteiger charge is 2.53. The van der Waals surface area contributed by atoms with Crippen LogP contribution in [0.15, 0.2) is 22.7 Å². The minimum atomic E-state index is -0.0421. The molecule has 2 nitrogen and oxygen atoms in total. The summed E-state index contributed by atoms with van der Waals surface area (Å²) in [5, 5.41) is 3.79. The van der Waals surface area contributed by atoms with Crippen molar-refractivity contribution in [1.82, 2.24) is 5.32 Å². The van der Waals surface area contributed by atoms with E-state index in [0.29, 0.717) is 16.0 Å². The summed E-state index contributed by atoms with van der Waals surface area (Å²) in [7, 11) is 0. The quantitative estimate of drug-likeness (QED) is 0.724. The number of benzene rings is 1. The van der Waals surface area contributed by atoms with Crippen LogP contribution in [-0.2, 0) is 0 Å². The SMILES string of the molecule is C[C@H](NC(=O)c1cc(Br)ccc1Cl)C12CC3CC(CC(C3)C1)C2. The van der Waals surface area contributed by atoms with E-state index < -0.39 is 0 Å². The topological polar surface area (TPSA) is 29.1 Å². The van der Waals surface area contributed by atoms with E-state index in [9.17, 15) is 4.79 Å². The Kier molecular flexibility index (Phi) is 4.00. The fourth-order valence-electron chi connectivity index (χ4n) is 5.81. The predicted octanol–water partition coefficient (Wildman–Crippen LogP) is 5.44. The third kappa shape index (κ3) is 2.84. The second-order valence-electron chi connectivity index (χ2n) is 8.10. The standard InChI is InChI=1S/C19H23BrClNO/c1-11(22-18(23)16-7-15(20)2-3-17(16)21)19-8-12-4-13(9-19)6-14(5-12)10-19/h2-3,7,11-14H,4-6,8-10H2,1H3,(H,22,23)/t11-,12?,13?,14?,19?/m0/s1. The van der Waals surface area contributed by atoms with Gasteiger partial charge in [-0.15, -0.1) is 0 Å². The molecule has 1 aromatic carbocycles. The number of nitrogens with one attached hydrogen (secondary N) is 1. The van der Waals surface area contributed by atoms with Crippen molar-refractivity contribution < 1.29 is 4.79 Å². The van der Waals surface area contributed by atoms with Gasteiger partial charge < -0.3 is 5.32 Å². The molecule has 5 rings (SSSR count). The molecule has 4 aliphatic carbocycles. The lowest BCUT2D eigenvalue weighted by atomic mass is 9.48. The van der Waals surface area contributed by atoms with Gasteiger partial charge in [-0.25, -0.2) is 0 Å². The highest BCUT2D eigenvalue weighted by molar-refractivity contribution is 9.10. The summed E-state index contributed by atoms with van der Waals surface area (Å²) in [5.74, 6) is 2.65. The van der Waals surface area contributed by atoms with Crippen LogP contribution in [0.5, 0.6) is 0 Å². The summed E-state index contributed by atoms with van der Waals surface area (Å²) < 4.78 is 0.884. The van der Waals surface area contributed by atoms with E-state index in [1.165, 1.54) is 38.5 Å². The number of hydrogen-bond acceptors (Lipinski definition) is 1. The van der Waals surface area contributed by atoms with Gasteiger partial charge >= 0.3 is 0 Å². The molecule has 1 aromatic rings. The largest absolute Gasteiger partial charge is 0.349 e. The Balaban J connectivity index is 1.52. The smallest absolute Gasteiger partial charge is 0.253 e. The van der Waals surface area contributed by atoms with Gasteiger partial charge in [0.15, 0.2) is 0 Å². The summed E-state index contributed by atoms with van der Waals surface area (Å²) in [6, 6.07) is 5.67. The highest BCUT2D eigenvalue weighted by atomic mass is 79.9. The highest BCUT2D eigenvalue weighted by Crippen LogP contribution is 2.61. The van der Waals surface area contributed by atoms with Crippen molar-refractivity contribution in [3.8, 4) is 0 Å². The molecule has 0 heterocycles. The van der Waals surface area contributed by atoms with Crippen LogP contribution >= 0.6 is 27.5 Å². The van der Waals surface area contributed by atoms with E-state index in [-0.39, 0.29) is 11.9 Å². The van der Waals surface area contributed by atoms with E-state index in [2.05, 4.69) is 28.2 Å². The molecule has 0 radical (unpaired) electrons. The fourth-order valence-corrected chi connectivity index (χ4v) is 6.37. The molecule has 0 saturated heterocycles. The molecule has 4 bridgehead atoms. The maximum absolute atomic E-state index is 12.7. The summed E-state index contributed by atoms with van der Waals surface area (Å²) >= 11 is 9.64. The van der Waals surface area contributed by atoms with Crippen LogP contribution in [-0.4, -0.2) is 11.9 Å². The Morgan fingerprint density at radius 2 is 1.78 bits per heavy atom. The average molecular weight is 397 g/mol. The Morgan fingerprint density at radius 3 is 2.35 bits per heavy atom. The number of carbonyl (C=O) groups excluding carboxylic acids is 1. The van der Waals surface area contributed by atoms with Crippen LogP contribution < -0.4 is 5.32 Å². The second kappa shape index (κ2) is 5.77. The number of amides is 1. The van der Waals surface area contributed by atoms with Crippen LogP contribution in [0.1, 0.15) is 55.8 Å². The van der Waals surface area contributed by atoms with Gasteiger partial charge in [0.2, 0.25) is 0 Å². The van der Waals surface area contributed by atoms with E-state index in [0.717, 1.165) is 22.2 Å². The van der Waals surface area contributed by atoms with Gasteiger partial charge in [0.25, 0.3) is 5.91 Å². The molecule has 1 N–H and O–H groups in total. The lowest BCUT2D eigenvalue weighted by Crippen LogP contribution is -2.55. The molecule has 23 heavy (non-hydrogen) atoms. The molecule has 4 fully saturated rings. The van der Waals surface area contributed by atoms with Gasteiger partial charge in [-0.1, -0.05) is 27.5 Å². The third-order valence-electron chi connectivity index (χ3n) is 6.52. The molecule has 0 aromatic heterocycles. The third-order valence-corrected chi connectivity index (χ3v) is 7.35. The number of rotatable bonds is 3. The molecule has 0 spiro atoms. The Morgan fingerprint density at radius 1 is 1.22 bits per heavy atom. The Labute approximate surface area is 151 Å². The van der Waals surface area contributed by atoms with Crippen LogP contribution in [0, 0.1) is 23.2 Å². The maximum atomic E-state index is 12.7. The van der Waals surface area contributed by atoms with Gasteiger partial charge in [-0.3, -0.25) is 4.79 Å². The molecule has 0 unspecified atom stereocenters. The zero-order valence-electron chi connectivity index (χ0n) is 13.4.